The van der Waals surface area contributed by atoms with E-state index in [1.165, 1.54) is 25.7 Å². The quantitative estimate of drug-likeness (QED) is 0.774. The SMILES string of the molecule is CC(C(=O)CC1CCCC1)c1ccccn1. The Morgan fingerprint density at radius 1 is 1.44 bits per heavy atom. The maximum Gasteiger partial charge on any atom is 0.141 e. The van der Waals surface area contributed by atoms with Crippen LogP contribution in [0.15, 0.2) is 24.4 Å². The van der Waals surface area contributed by atoms with Crippen LogP contribution in [-0.2, 0) is 4.79 Å². The number of hydrogen-bond donors (Lipinski definition) is 0. The lowest BCUT2D eigenvalue weighted by Gasteiger charge is -2.13. The molecule has 16 heavy (non-hydrogen) atoms. The van der Waals surface area contributed by atoms with Gasteiger partial charge < -0.3 is 0 Å². The van der Waals surface area contributed by atoms with Gasteiger partial charge >= 0.3 is 0 Å². The third-order valence-electron chi connectivity index (χ3n) is 3.58. The fourth-order valence-corrected chi connectivity index (χ4v) is 2.47. The minimum atomic E-state index is -0.0400. The number of carbonyl (C=O) groups excluding carboxylic acids is 1. The van der Waals surface area contributed by atoms with E-state index in [0.29, 0.717) is 11.7 Å². The Bertz CT molecular complexity index is 341. The Kier molecular flexibility index (Phi) is 3.70. The second-order valence-electron chi connectivity index (χ2n) is 4.80. The molecular formula is C14H19NO. The highest BCUT2D eigenvalue weighted by atomic mass is 16.1. The van der Waals surface area contributed by atoms with Crippen LogP contribution in [0.2, 0.25) is 0 Å². The van der Waals surface area contributed by atoms with Gasteiger partial charge in [0, 0.05) is 12.6 Å². The first-order chi connectivity index (χ1) is 7.77. The molecule has 2 heteroatoms. The molecule has 1 unspecified atom stereocenters. The Morgan fingerprint density at radius 2 is 2.19 bits per heavy atom. The van der Waals surface area contributed by atoms with Crippen molar-refractivity contribution in [3.8, 4) is 0 Å². The molecule has 1 saturated carbocycles. The van der Waals surface area contributed by atoms with Gasteiger partial charge in [-0.05, 0) is 25.0 Å². The Morgan fingerprint density at radius 3 is 2.81 bits per heavy atom. The third kappa shape index (κ3) is 2.69. The number of nitrogens with zero attached hydrogens (tertiary/aromatic N) is 1. The minimum absolute atomic E-state index is 0.0400. The zero-order chi connectivity index (χ0) is 11.4. The first-order valence-corrected chi connectivity index (χ1v) is 6.21. The van der Waals surface area contributed by atoms with Crippen LogP contribution < -0.4 is 0 Å². The Hall–Kier alpha value is -1.18. The zero-order valence-corrected chi connectivity index (χ0v) is 9.86. The highest BCUT2D eigenvalue weighted by molar-refractivity contribution is 5.85. The molecule has 1 atom stereocenters. The summed E-state index contributed by atoms with van der Waals surface area (Å²) in [6, 6.07) is 5.77. The maximum absolute atomic E-state index is 12.1. The summed E-state index contributed by atoms with van der Waals surface area (Å²) in [5, 5.41) is 0. The molecule has 0 saturated heterocycles. The predicted octanol–water partition coefficient (Wildman–Crippen LogP) is 3.33. The number of carbonyl (C=O) groups is 1. The lowest BCUT2D eigenvalue weighted by Crippen LogP contribution is -2.13. The largest absolute Gasteiger partial charge is 0.299 e. The lowest BCUT2D eigenvalue weighted by atomic mass is 9.92. The van der Waals surface area contributed by atoms with Gasteiger partial charge in [-0.25, -0.2) is 0 Å². The van der Waals surface area contributed by atoms with Gasteiger partial charge in [0.25, 0.3) is 0 Å². The zero-order valence-electron chi connectivity index (χ0n) is 9.86. The summed E-state index contributed by atoms with van der Waals surface area (Å²) < 4.78 is 0. The monoisotopic (exact) mass is 217 g/mol. The molecule has 2 rings (SSSR count). The first kappa shape index (κ1) is 11.3. The third-order valence-corrected chi connectivity index (χ3v) is 3.58. The van der Waals surface area contributed by atoms with Crippen LogP contribution in [0.4, 0.5) is 0 Å². The van der Waals surface area contributed by atoms with E-state index in [1.807, 2.05) is 25.1 Å². The fraction of sp³-hybridized carbons (Fsp3) is 0.571. The summed E-state index contributed by atoms with van der Waals surface area (Å²) in [6.07, 6.45) is 7.58. The van der Waals surface area contributed by atoms with Gasteiger partial charge in [0.05, 0.1) is 11.6 Å². The van der Waals surface area contributed by atoms with Crippen molar-refractivity contribution >= 4 is 5.78 Å². The van der Waals surface area contributed by atoms with Gasteiger partial charge in [0.15, 0.2) is 0 Å². The average molecular weight is 217 g/mol. The normalized spacial score (nSPS) is 18.6. The van der Waals surface area contributed by atoms with Crippen LogP contribution in [0.3, 0.4) is 0 Å². The molecule has 86 valence electrons. The van der Waals surface area contributed by atoms with Gasteiger partial charge in [0.1, 0.15) is 5.78 Å². The van der Waals surface area contributed by atoms with E-state index in [0.717, 1.165) is 12.1 Å². The van der Waals surface area contributed by atoms with E-state index in [2.05, 4.69) is 4.98 Å². The van der Waals surface area contributed by atoms with Gasteiger partial charge in [-0.15, -0.1) is 0 Å². The van der Waals surface area contributed by atoms with E-state index in [9.17, 15) is 4.79 Å². The van der Waals surface area contributed by atoms with Gasteiger partial charge in [-0.3, -0.25) is 9.78 Å². The van der Waals surface area contributed by atoms with Gasteiger partial charge in [-0.2, -0.15) is 0 Å². The highest BCUT2D eigenvalue weighted by Gasteiger charge is 2.22. The topological polar surface area (TPSA) is 30.0 Å². The molecule has 1 aromatic heterocycles. The van der Waals surface area contributed by atoms with Crippen molar-refractivity contribution < 1.29 is 4.79 Å². The molecule has 0 spiro atoms. The van der Waals surface area contributed by atoms with E-state index < -0.39 is 0 Å². The smallest absolute Gasteiger partial charge is 0.141 e. The second kappa shape index (κ2) is 5.24. The summed E-state index contributed by atoms with van der Waals surface area (Å²) in [7, 11) is 0. The molecule has 0 N–H and O–H groups in total. The standard InChI is InChI=1S/C14H19NO/c1-11(13-8-4-5-9-15-13)14(16)10-12-6-2-3-7-12/h4-5,8-9,11-12H,2-3,6-7,10H2,1H3. The van der Waals surface area contributed by atoms with Crippen LogP contribution in [0.25, 0.3) is 0 Å². The number of pyridine rings is 1. The van der Waals surface area contributed by atoms with Crippen molar-refractivity contribution in [1.29, 1.82) is 0 Å². The molecule has 0 bridgehead atoms. The maximum atomic E-state index is 12.1. The summed E-state index contributed by atoms with van der Waals surface area (Å²) in [5.41, 5.74) is 0.908. The van der Waals surface area contributed by atoms with Crippen LogP contribution in [0.5, 0.6) is 0 Å². The molecule has 0 amide bonds. The second-order valence-corrected chi connectivity index (χ2v) is 4.80. The molecule has 1 aliphatic carbocycles. The molecule has 1 aromatic rings. The molecule has 1 fully saturated rings. The van der Waals surface area contributed by atoms with E-state index >= 15 is 0 Å². The van der Waals surface area contributed by atoms with Crippen LogP contribution in [0, 0.1) is 5.92 Å². The summed E-state index contributed by atoms with van der Waals surface area (Å²) >= 11 is 0. The average Bonchev–Trinajstić information content (AvgIpc) is 2.82. The van der Waals surface area contributed by atoms with Crippen LogP contribution in [0.1, 0.15) is 50.6 Å². The van der Waals surface area contributed by atoms with E-state index in [-0.39, 0.29) is 5.92 Å². The lowest BCUT2D eigenvalue weighted by molar-refractivity contribution is -0.121. The highest BCUT2D eigenvalue weighted by Crippen LogP contribution is 2.29. The van der Waals surface area contributed by atoms with Crippen molar-refractivity contribution in [3.63, 3.8) is 0 Å². The molecule has 1 aliphatic rings. The summed E-state index contributed by atoms with van der Waals surface area (Å²) in [5.74, 6) is 0.950. The number of hydrogen-bond acceptors (Lipinski definition) is 2. The van der Waals surface area contributed by atoms with Crippen molar-refractivity contribution in [2.24, 2.45) is 5.92 Å². The Labute approximate surface area is 97.1 Å². The van der Waals surface area contributed by atoms with Crippen molar-refractivity contribution in [3.05, 3.63) is 30.1 Å². The van der Waals surface area contributed by atoms with Crippen LogP contribution >= 0.6 is 0 Å². The molecule has 0 radical (unpaired) electrons. The van der Waals surface area contributed by atoms with Crippen LogP contribution in [-0.4, -0.2) is 10.8 Å². The fourth-order valence-electron chi connectivity index (χ4n) is 2.47. The number of aromatic nitrogens is 1. The molecule has 2 nitrogen and oxygen atoms in total. The Balaban J connectivity index is 1.94. The van der Waals surface area contributed by atoms with E-state index in [4.69, 9.17) is 0 Å². The van der Waals surface area contributed by atoms with Gasteiger partial charge in [-0.1, -0.05) is 31.7 Å². The molecular weight excluding hydrogens is 198 g/mol. The van der Waals surface area contributed by atoms with Gasteiger partial charge in [0.2, 0.25) is 0 Å². The predicted molar refractivity (Wildman–Crippen MR) is 64.2 cm³/mol. The summed E-state index contributed by atoms with van der Waals surface area (Å²) in [6.45, 7) is 1.97. The number of Topliss-reactive ketones (excluding diaryl/α,β-unsaturated/α-hetero) is 1. The minimum Gasteiger partial charge on any atom is -0.299 e. The van der Waals surface area contributed by atoms with Crippen molar-refractivity contribution in [1.82, 2.24) is 4.98 Å². The number of ketones is 1. The molecule has 1 heterocycles. The number of rotatable bonds is 4. The van der Waals surface area contributed by atoms with Crippen molar-refractivity contribution in [2.75, 3.05) is 0 Å². The molecule has 0 aromatic carbocycles. The van der Waals surface area contributed by atoms with Crippen molar-refractivity contribution in [2.45, 2.75) is 44.9 Å². The first-order valence-electron chi connectivity index (χ1n) is 6.21. The molecule has 0 aliphatic heterocycles. The van der Waals surface area contributed by atoms with E-state index in [1.54, 1.807) is 6.20 Å². The summed E-state index contributed by atoms with van der Waals surface area (Å²) in [4.78, 5) is 16.3.